The summed E-state index contributed by atoms with van der Waals surface area (Å²) in [7, 11) is 0. The molecule has 0 fully saturated rings. The zero-order chi connectivity index (χ0) is 19.9. The Hall–Kier alpha value is -3.14. The van der Waals surface area contributed by atoms with Crippen LogP contribution in [0, 0.1) is 0 Å². The summed E-state index contributed by atoms with van der Waals surface area (Å²) in [5.74, 6) is -0.0511. The standard InChI is InChI=1S/C24H27N3O/c1-4-26(21-13-9-6-10-14-21)22-15-16-25-23(17-22)24(28)27(19(2)3)18-20-11-7-5-8-12-20/h5-17,19H,4,18H2,1-3H3. The summed E-state index contributed by atoms with van der Waals surface area (Å²) in [6.45, 7) is 7.55. The Morgan fingerprint density at radius 1 is 0.929 bits per heavy atom. The lowest BCUT2D eigenvalue weighted by atomic mass is 10.1. The van der Waals surface area contributed by atoms with Gasteiger partial charge in [0.2, 0.25) is 0 Å². The van der Waals surface area contributed by atoms with E-state index in [0.717, 1.165) is 23.5 Å². The third kappa shape index (κ3) is 4.58. The van der Waals surface area contributed by atoms with Crippen LogP contribution in [-0.2, 0) is 6.54 Å². The summed E-state index contributed by atoms with van der Waals surface area (Å²) in [4.78, 5) is 21.6. The number of rotatable bonds is 7. The molecule has 0 bridgehead atoms. The lowest BCUT2D eigenvalue weighted by molar-refractivity contribution is 0.0684. The summed E-state index contributed by atoms with van der Waals surface area (Å²) in [6.07, 6.45) is 1.72. The van der Waals surface area contributed by atoms with Crippen LogP contribution in [0.4, 0.5) is 11.4 Å². The molecule has 1 amide bonds. The predicted octanol–water partition coefficient (Wildman–Crippen LogP) is 5.29. The van der Waals surface area contributed by atoms with Gasteiger partial charge in [-0.2, -0.15) is 0 Å². The van der Waals surface area contributed by atoms with Gasteiger partial charge in [0.1, 0.15) is 5.69 Å². The highest BCUT2D eigenvalue weighted by atomic mass is 16.2. The fourth-order valence-corrected chi connectivity index (χ4v) is 3.24. The smallest absolute Gasteiger partial charge is 0.273 e. The number of benzene rings is 2. The largest absolute Gasteiger partial charge is 0.342 e. The quantitative estimate of drug-likeness (QED) is 0.564. The molecule has 0 aliphatic carbocycles. The maximum absolute atomic E-state index is 13.2. The van der Waals surface area contributed by atoms with Crippen LogP contribution in [-0.4, -0.2) is 28.4 Å². The molecule has 0 spiro atoms. The molecular weight excluding hydrogens is 346 g/mol. The van der Waals surface area contributed by atoms with Gasteiger partial charge < -0.3 is 9.80 Å². The molecule has 0 N–H and O–H groups in total. The number of amides is 1. The number of pyridine rings is 1. The van der Waals surface area contributed by atoms with E-state index in [1.165, 1.54) is 0 Å². The molecule has 0 unspecified atom stereocenters. The van der Waals surface area contributed by atoms with E-state index in [9.17, 15) is 4.79 Å². The Labute approximate surface area is 167 Å². The summed E-state index contributed by atoms with van der Waals surface area (Å²) in [5.41, 5.74) is 3.65. The van der Waals surface area contributed by atoms with E-state index >= 15 is 0 Å². The van der Waals surface area contributed by atoms with E-state index in [1.54, 1.807) is 6.20 Å². The Balaban J connectivity index is 1.88. The number of hydrogen-bond acceptors (Lipinski definition) is 3. The Morgan fingerprint density at radius 3 is 2.18 bits per heavy atom. The van der Waals surface area contributed by atoms with E-state index < -0.39 is 0 Å². The molecule has 144 valence electrons. The maximum Gasteiger partial charge on any atom is 0.273 e. The molecule has 28 heavy (non-hydrogen) atoms. The van der Waals surface area contributed by atoms with Crippen LogP contribution >= 0.6 is 0 Å². The minimum atomic E-state index is -0.0511. The lowest BCUT2D eigenvalue weighted by Gasteiger charge is -2.28. The van der Waals surface area contributed by atoms with Crippen LogP contribution < -0.4 is 4.90 Å². The lowest BCUT2D eigenvalue weighted by Crippen LogP contribution is -2.37. The van der Waals surface area contributed by atoms with Gasteiger partial charge in [-0.1, -0.05) is 48.5 Å². The summed E-state index contributed by atoms with van der Waals surface area (Å²) in [5, 5.41) is 0. The van der Waals surface area contributed by atoms with Gasteiger partial charge in [0, 0.05) is 36.7 Å². The first-order valence-electron chi connectivity index (χ1n) is 9.73. The van der Waals surface area contributed by atoms with E-state index in [1.807, 2.05) is 79.4 Å². The van der Waals surface area contributed by atoms with Crippen molar-refractivity contribution in [2.75, 3.05) is 11.4 Å². The molecule has 3 rings (SSSR count). The monoisotopic (exact) mass is 373 g/mol. The summed E-state index contributed by atoms with van der Waals surface area (Å²) >= 11 is 0. The molecule has 2 aromatic carbocycles. The van der Waals surface area contributed by atoms with Crippen LogP contribution in [0.2, 0.25) is 0 Å². The first-order valence-corrected chi connectivity index (χ1v) is 9.73. The Bertz CT molecular complexity index is 894. The van der Waals surface area contributed by atoms with Crippen molar-refractivity contribution >= 4 is 17.3 Å². The zero-order valence-corrected chi connectivity index (χ0v) is 16.7. The zero-order valence-electron chi connectivity index (χ0n) is 16.7. The minimum Gasteiger partial charge on any atom is -0.342 e. The highest BCUT2D eigenvalue weighted by Gasteiger charge is 2.21. The van der Waals surface area contributed by atoms with E-state index in [4.69, 9.17) is 0 Å². The second-order valence-electron chi connectivity index (χ2n) is 6.99. The average molecular weight is 374 g/mol. The van der Waals surface area contributed by atoms with Gasteiger partial charge in [-0.05, 0) is 50.6 Å². The van der Waals surface area contributed by atoms with Crippen molar-refractivity contribution in [3.63, 3.8) is 0 Å². The second-order valence-corrected chi connectivity index (χ2v) is 6.99. The van der Waals surface area contributed by atoms with Gasteiger partial charge in [-0.3, -0.25) is 9.78 Å². The highest BCUT2D eigenvalue weighted by molar-refractivity contribution is 5.93. The first-order chi connectivity index (χ1) is 13.6. The molecular formula is C24H27N3O. The van der Waals surface area contributed by atoms with E-state index in [2.05, 4.69) is 28.9 Å². The Kier molecular flexibility index (Phi) is 6.43. The molecule has 1 aromatic heterocycles. The molecule has 1 heterocycles. The normalized spacial score (nSPS) is 10.7. The number of anilines is 2. The van der Waals surface area contributed by atoms with Crippen molar-refractivity contribution in [1.29, 1.82) is 0 Å². The fraction of sp³-hybridized carbons (Fsp3) is 0.250. The van der Waals surface area contributed by atoms with Gasteiger partial charge in [-0.25, -0.2) is 0 Å². The first kappa shape index (κ1) is 19.6. The van der Waals surface area contributed by atoms with Crippen LogP contribution in [0.25, 0.3) is 0 Å². The molecule has 4 heteroatoms. The van der Waals surface area contributed by atoms with Crippen LogP contribution in [0.1, 0.15) is 36.8 Å². The van der Waals surface area contributed by atoms with Crippen molar-refractivity contribution in [1.82, 2.24) is 9.88 Å². The third-order valence-corrected chi connectivity index (χ3v) is 4.74. The molecule has 0 saturated carbocycles. The van der Waals surface area contributed by atoms with Gasteiger partial charge in [0.15, 0.2) is 0 Å². The summed E-state index contributed by atoms with van der Waals surface area (Å²) in [6, 6.07) is 24.2. The SMILES string of the molecule is CCN(c1ccccc1)c1ccnc(C(=O)N(Cc2ccccc2)C(C)C)c1. The number of carbonyl (C=O) groups excluding carboxylic acids is 1. The van der Waals surface area contributed by atoms with Crippen LogP contribution in [0.15, 0.2) is 79.0 Å². The average Bonchev–Trinajstić information content (AvgIpc) is 2.74. The van der Waals surface area contributed by atoms with Gasteiger partial charge >= 0.3 is 0 Å². The minimum absolute atomic E-state index is 0.0511. The molecule has 0 saturated heterocycles. The van der Waals surface area contributed by atoms with Gasteiger partial charge in [-0.15, -0.1) is 0 Å². The molecule has 0 aliphatic heterocycles. The van der Waals surface area contributed by atoms with Crippen molar-refractivity contribution in [3.8, 4) is 0 Å². The third-order valence-electron chi connectivity index (χ3n) is 4.74. The van der Waals surface area contributed by atoms with Gasteiger partial charge in [0.05, 0.1) is 0 Å². The number of para-hydroxylation sites is 1. The molecule has 0 atom stereocenters. The fourth-order valence-electron chi connectivity index (χ4n) is 3.24. The molecule has 4 nitrogen and oxygen atoms in total. The number of nitrogens with zero attached hydrogens (tertiary/aromatic N) is 3. The summed E-state index contributed by atoms with van der Waals surface area (Å²) < 4.78 is 0. The van der Waals surface area contributed by atoms with Crippen molar-refractivity contribution in [2.45, 2.75) is 33.4 Å². The number of aromatic nitrogens is 1. The number of hydrogen-bond donors (Lipinski definition) is 0. The molecule has 0 radical (unpaired) electrons. The predicted molar refractivity (Wildman–Crippen MR) is 115 cm³/mol. The van der Waals surface area contributed by atoms with Crippen LogP contribution in [0.3, 0.4) is 0 Å². The van der Waals surface area contributed by atoms with Crippen molar-refractivity contribution < 1.29 is 4.79 Å². The van der Waals surface area contributed by atoms with Crippen molar-refractivity contribution in [3.05, 3.63) is 90.3 Å². The number of carbonyl (C=O) groups is 1. The topological polar surface area (TPSA) is 36.4 Å². The van der Waals surface area contributed by atoms with E-state index in [0.29, 0.717) is 12.2 Å². The Morgan fingerprint density at radius 2 is 1.57 bits per heavy atom. The van der Waals surface area contributed by atoms with Crippen molar-refractivity contribution in [2.24, 2.45) is 0 Å². The maximum atomic E-state index is 13.2. The van der Waals surface area contributed by atoms with Gasteiger partial charge in [0.25, 0.3) is 5.91 Å². The van der Waals surface area contributed by atoms with E-state index in [-0.39, 0.29) is 11.9 Å². The van der Waals surface area contributed by atoms with Crippen LogP contribution in [0.5, 0.6) is 0 Å². The second kappa shape index (κ2) is 9.18. The molecule has 0 aliphatic rings. The highest BCUT2D eigenvalue weighted by Crippen LogP contribution is 2.25. The molecule has 3 aromatic rings.